The normalized spacial score (nSPS) is 20.4. The minimum atomic E-state index is -3.47. The molecular weight excluding hydrogens is 455 g/mol. The maximum Gasteiger partial charge on any atom is 0.414 e. The highest BCUT2D eigenvalue weighted by molar-refractivity contribution is 7.90. The van der Waals surface area contributed by atoms with Crippen molar-refractivity contribution in [2.75, 3.05) is 54.3 Å². The number of thiocarbonyl (C=S) groups is 1. The number of carbonyl (C=O) groups is 1. The number of nitrogens with one attached hydrogen (secondary N) is 1. The zero-order valence-electron chi connectivity index (χ0n) is 16.5. The number of sulfonamides is 1. The molecule has 0 saturated carbocycles. The Balaban J connectivity index is 1.63. The van der Waals surface area contributed by atoms with Crippen LogP contribution in [0.3, 0.4) is 0 Å². The largest absolute Gasteiger partial charge is 0.442 e. The maximum atomic E-state index is 14.8. The molecule has 8 nitrogen and oxygen atoms in total. The Hall–Kier alpha value is -1.69. The molecule has 0 radical (unpaired) electrons. The number of alkyl halides is 1. The molecule has 2 fully saturated rings. The van der Waals surface area contributed by atoms with E-state index in [-0.39, 0.29) is 19.2 Å². The average molecular weight is 479 g/mol. The molecule has 166 valence electrons. The fourth-order valence-electron chi connectivity index (χ4n) is 3.39. The number of benzene rings is 1. The Labute approximate surface area is 185 Å². The van der Waals surface area contributed by atoms with E-state index in [0.29, 0.717) is 49.0 Å². The van der Waals surface area contributed by atoms with Gasteiger partial charge in [-0.3, -0.25) is 4.90 Å². The standard InChI is InChI=1S/C18H24ClFN4O4S2/c1-2-17(29)21-10-14-11-24(18(25)28-14)13-3-4-16(15(20)9-13)22-5-7-23(8-6-22)30(26,27)12-19/h3-4,9,14H,2,5-8,10-12H2,1H3,(H,21,29)/t14-/m0/s1. The third kappa shape index (κ3) is 5.13. The van der Waals surface area contributed by atoms with Crippen molar-refractivity contribution in [3.05, 3.63) is 24.0 Å². The summed E-state index contributed by atoms with van der Waals surface area (Å²) >= 11 is 10.6. The highest BCUT2D eigenvalue weighted by Crippen LogP contribution is 2.28. The number of cyclic esters (lactones) is 1. The summed E-state index contributed by atoms with van der Waals surface area (Å²) in [6.07, 6.45) is -0.198. The van der Waals surface area contributed by atoms with Crippen LogP contribution in [-0.4, -0.2) is 74.4 Å². The number of halogens is 2. The Morgan fingerprint density at radius 1 is 1.33 bits per heavy atom. The van der Waals surface area contributed by atoms with Crippen LogP contribution in [0, 0.1) is 5.82 Å². The lowest BCUT2D eigenvalue weighted by Gasteiger charge is -2.35. The number of anilines is 2. The van der Waals surface area contributed by atoms with Gasteiger partial charge in [-0.2, -0.15) is 4.31 Å². The summed E-state index contributed by atoms with van der Waals surface area (Å²) in [6, 6.07) is 4.56. The monoisotopic (exact) mass is 478 g/mol. The first-order valence-corrected chi connectivity index (χ1v) is 12.1. The number of piperazine rings is 1. The average Bonchev–Trinajstić information content (AvgIpc) is 3.12. The molecule has 0 aliphatic carbocycles. The van der Waals surface area contributed by atoms with Gasteiger partial charge in [0.1, 0.15) is 17.1 Å². The summed E-state index contributed by atoms with van der Waals surface area (Å²) < 4.78 is 45.1. The predicted octanol–water partition coefficient (Wildman–Crippen LogP) is 2.13. The van der Waals surface area contributed by atoms with E-state index in [1.807, 2.05) is 6.92 Å². The molecule has 0 unspecified atom stereocenters. The number of hydrogen-bond donors (Lipinski definition) is 1. The van der Waals surface area contributed by atoms with E-state index in [9.17, 15) is 17.6 Å². The van der Waals surface area contributed by atoms with Gasteiger partial charge in [0.15, 0.2) is 0 Å². The summed E-state index contributed by atoms with van der Waals surface area (Å²) in [6.45, 7) is 3.82. The molecular formula is C18H24ClFN4O4S2. The summed E-state index contributed by atoms with van der Waals surface area (Å²) in [5, 5.41) is 2.57. The topological polar surface area (TPSA) is 82.2 Å². The number of carbonyl (C=O) groups excluding carboxylic acids is 1. The van der Waals surface area contributed by atoms with E-state index in [1.54, 1.807) is 17.0 Å². The van der Waals surface area contributed by atoms with Crippen molar-refractivity contribution in [3.8, 4) is 0 Å². The maximum absolute atomic E-state index is 14.8. The lowest BCUT2D eigenvalue weighted by atomic mass is 10.2. The van der Waals surface area contributed by atoms with E-state index in [2.05, 4.69) is 5.32 Å². The van der Waals surface area contributed by atoms with Crippen LogP contribution in [0.2, 0.25) is 0 Å². The van der Waals surface area contributed by atoms with E-state index in [1.165, 1.54) is 15.3 Å². The van der Waals surface area contributed by atoms with Crippen molar-refractivity contribution < 1.29 is 22.3 Å². The lowest BCUT2D eigenvalue weighted by molar-refractivity contribution is 0.143. The molecule has 2 aliphatic rings. The number of hydrogen-bond acceptors (Lipinski definition) is 6. The molecule has 0 bridgehead atoms. The van der Waals surface area contributed by atoms with E-state index >= 15 is 0 Å². The zero-order valence-corrected chi connectivity index (χ0v) is 18.9. The summed E-state index contributed by atoms with van der Waals surface area (Å²) in [5.41, 5.74) is 0.769. The first-order chi connectivity index (χ1) is 14.2. The van der Waals surface area contributed by atoms with Gasteiger partial charge < -0.3 is 15.0 Å². The zero-order chi connectivity index (χ0) is 21.9. The Morgan fingerprint density at radius 3 is 2.63 bits per heavy atom. The lowest BCUT2D eigenvalue weighted by Crippen LogP contribution is -2.49. The second-order valence-corrected chi connectivity index (χ2v) is 10.1. The SMILES string of the molecule is CCC(=S)NC[C@H]1CN(c2ccc(N3CCN(S(=O)(=O)CCl)CC3)c(F)c2)C(=O)O1. The second-order valence-electron chi connectivity index (χ2n) is 7.02. The van der Waals surface area contributed by atoms with E-state index < -0.39 is 27.1 Å². The van der Waals surface area contributed by atoms with E-state index in [0.717, 1.165) is 0 Å². The van der Waals surface area contributed by atoms with E-state index in [4.69, 9.17) is 28.6 Å². The van der Waals surface area contributed by atoms with Gasteiger partial charge in [0, 0.05) is 26.2 Å². The molecule has 2 saturated heterocycles. The molecule has 2 aliphatic heterocycles. The van der Waals surface area contributed by atoms with Crippen LogP contribution >= 0.6 is 23.8 Å². The molecule has 1 N–H and O–H groups in total. The van der Waals surface area contributed by atoms with Crippen LogP contribution in [0.15, 0.2) is 18.2 Å². The minimum absolute atomic E-state index is 0.239. The molecule has 0 spiro atoms. The fraction of sp³-hybridized carbons (Fsp3) is 0.556. The van der Waals surface area contributed by atoms with Crippen LogP contribution in [0.25, 0.3) is 0 Å². The number of rotatable bonds is 7. The fourth-order valence-corrected chi connectivity index (χ4v) is 4.74. The van der Waals surface area contributed by atoms with Crippen LogP contribution < -0.4 is 15.1 Å². The Bertz CT molecular complexity index is 909. The third-order valence-corrected chi connectivity index (χ3v) is 7.76. The third-order valence-electron chi connectivity index (χ3n) is 5.08. The highest BCUT2D eigenvalue weighted by atomic mass is 35.5. The van der Waals surface area contributed by atoms with Gasteiger partial charge in [0.2, 0.25) is 10.0 Å². The van der Waals surface area contributed by atoms with Gasteiger partial charge in [-0.25, -0.2) is 17.6 Å². The van der Waals surface area contributed by atoms with Gasteiger partial charge in [0.05, 0.1) is 29.5 Å². The number of nitrogens with zero attached hydrogens (tertiary/aromatic N) is 3. The Morgan fingerprint density at radius 2 is 2.03 bits per heavy atom. The molecule has 30 heavy (non-hydrogen) atoms. The molecule has 1 amide bonds. The molecule has 1 aromatic carbocycles. The molecule has 1 aromatic rings. The highest BCUT2D eigenvalue weighted by Gasteiger charge is 2.33. The molecule has 2 heterocycles. The second kappa shape index (κ2) is 9.63. The van der Waals surface area contributed by atoms with Crippen molar-refractivity contribution in [1.82, 2.24) is 9.62 Å². The van der Waals surface area contributed by atoms with Crippen LogP contribution in [0.4, 0.5) is 20.6 Å². The molecule has 12 heteroatoms. The summed E-state index contributed by atoms with van der Waals surface area (Å²) in [5.74, 6) is -0.484. The minimum Gasteiger partial charge on any atom is -0.442 e. The number of ether oxygens (including phenoxy) is 1. The van der Waals surface area contributed by atoms with Gasteiger partial charge in [0.25, 0.3) is 0 Å². The number of amides is 1. The van der Waals surface area contributed by atoms with Gasteiger partial charge in [-0.1, -0.05) is 19.1 Å². The van der Waals surface area contributed by atoms with Crippen molar-refractivity contribution >= 4 is 56.3 Å². The quantitative estimate of drug-likeness (QED) is 0.475. The first-order valence-electron chi connectivity index (χ1n) is 9.58. The van der Waals surface area contributed by atoms with Crippen LogP contribution in [0.5, 0.6) is 0 Å². The van der Waals surface area contributed by atoms with Gasteiger partial charge >= 0.3 is 6.09 Å². The van der Waals surface area contributed by atoms with Crippen molar-refractivity contribution in [2.45, 2.75) is 19.4 Å². The van der Waals surface area contributed by atoms with Crippen molar-refractivity contribution in [3.63, 3.8) is 0 Å². The van der Waals surface area contributed by atoms with Crippen LogP contribution in [-0.2, 0) is 14.8 Å². The first kappa shape index (κ1) is 23.0. The van der Waals surface area contributed by atoms with Gasteiger partial charge in [-0.15, -0.1) is 11.6 Å². The van der Waals surface area contributed by atoms with Gasteiger partial charge in [-0.05, 0) is 24.6 Å². The molecule has 3 rings (SSSR count). The molecule has 0 aromatic heterocycles. The predicted molar refractivity (Wildman–Crippen MR) is 118 cm³/mol. The summed E-state index contributed by atoms with van der Waals surface area (Å²) in [7, 11) is -3.47. The summed E-state index contributed by atoms with van der Waals surface area (Å²) in [4.78, 5) is 16.1. The smallest absolute Gasteiger partial charge is 0.414 e. The van der Waals surface area contributed by atoms with Crippen LogP contribution in [0.1, 0.15) is 13.3 Å². The Kier molecular flexibility index (Phi) is 7.38. The van der Waals surface area contributed by atoms with Crippen molar-refractivity contribution in [1.29, 1.82) is 0 Å². The molecule has 1 atom stereocenters. The van der Waals surface area contributed by atoms with Crippen molar-refractivity contribution in [2.24, 2.45) is 0 Å².